The lowest BCUT2D eigenvalue weighted by Gasteiger charge is -2.26. The summed E-state index contributed by atoms with van der Waals surface area (Å²) < 4.78 is 5.34. The molecular formula is C13H20N2O. The van der Waals surface area contributed by atoms with Gasteiger partial charge in [0.1, 0.15) is 0 Å². The molecule has 1 aromatic rings. The molecule has 0 bridgehead atoms. The van der Waals surface area contributed by atoms with Crippen LogP contribution in [0.1, 0.15) is 24.1 Å². The fraction of sp³-hybridized carbons (Fsp3) is 0.538. The Labute approximate surface area is 97.2 Å². The van der Waals surface area contributed by atoms with Crippen molar-refractivity contribution in [3.05, 3.63) is 35.4 Å². The fourth-order valence-electron chi connectivity index (χ4n) is 1.99. The molecule has 2 rings (SSSR count). The maximum atomic E-state index is 5.88. The van der Waals surface area contributed by atoms with E-state index in [2.05, 4.69) is 29.2 Å². The Hall–Kier alpha value is -0.900. The topological polar surface area (TPSA) is 38.5 Å². The fourth-order valence-corrected chi connectivity index (χ4v) is 1.99. The van der Waals surface area contributed by atoms with Gasteiger partial charge in [0.2, 0.25) is 0 Å². The van der Waals surface area contributed by atoms with Crippen molar-refractivity contribution in [2.75, 3.05) is 26.3 Å². The van der Waals surface area contributed by atoms with Gasteiger partial charge in [-0.05, 0) is 18.1 Å². The number of nitrogens with two attached hydrogens (primary N) is 1. The van der Waals surface area contributed by atoms with Crippen molar-refractivity contribution >= 4 is 0 Å². The summed E-state index contributed by atoms with van der Waals surface area (Å²) in [5, 5.41) is 0. The van der Waals surface area contributed by atoms with Gasteiger partial charge >= 0.3 is 0 Å². The lowest BCUT2D eigenvalue weighted by atomic mass is 10.1. The van der Waals surface area contributed by atoms with Crippen LogP contribution >= 0.6 is 0 Å². The van der Waals surface area contributed by atoms with E-state index in [1.807, 2.05) is 6.92 Å². The maximum absolute atomic E-state index is 5.88. The summed E-state index contributed by atoms with van der Waals surface area (Å²) in [4.78, 5) is 2.42. The first-order valence-corrected chi connectivity index (χ1v) is 5.90. The molecule has 0 amide bonds. The molecule has 3 nitrogen and oxygen atoms in total. The first-order chi connectivity index (χ1) is 7.75. The molecule has 1 saturated heterocycles. The second kappa shape index (κ2) is 5.43. The van der Waals surface area contributed by atoms with E-state index in [1.165, 1.54) is 11.1 Å². The first kappa shape index (κ1) is 11.6. The Morgan fingerprint density at radius 1 is 1.38 bits per heavy atom. The van der Waals surface area contributed by atoms with E-state index in [9.17, 15) is 0 Å². The molecule has 0 aromatic heterocycles. The molecule has 2 N–H and O–H groups in total. The third-order valence-electron chi connectivity index (χ3n) is 2.99. The minimum atomic E-state index is 0.115. The van der Waals surface area contributed by atoms with Crippen LogP contribution in [0.4, 0.5) is 0 Å². The van der Waals surface area contributed by atoms with E-state index in [4.69, 9.17) is 10.5 Å². The second-order valence-corrected chi connectivity index (χ2v) is 4.42. The Morgan fingerprint density at radius 2 is 2.12 bits per heavy atom. The van der Waals surface area contributed by atoms with Crippen LogP contribution in [0.5, 0.6) is 0 Å². The van der Waals surface area contributed by atoms with E-state index in [0.717, 1.165) is 32.8 Å². The first-order valence-electron chi connectivity index (χ1n) is 5.90. The number of morpholine rings is 1. The molecule has 0 aliphatic carbocycles. The van der Waals surface area contributed by atoms with Crippen molar-refractivity contribution in [3.8, 4) is 0 Å². The highest BCUT2D eigenvalue weighted by molar-refractivity contribution is 5.25. The third-order valence-corrected chi connectivity index (χ3v) is 2.99. The Kier molecular flexibility index (Phi) is 3.93. The van der Waals surface area contributed by atoms with Gasteiger partial charge in [-0.2, -0.15) is 0 Å². The number of rotatable bonds is 3. The molecule has 1 aliphatic heterocycles. The molecule has 1 fully saturated rings. The maximum Gasteiger partial charge on any atom is 0.0594 e. The average Bonchev–Trinajstić information content (AvgIpc) is 2.30. The van der Waals surface area contributed by atoms with Crippen molar-refractivity contribution in [1.82, 2.24) is 4.90 Å². The summed E-state index contributed by atoms with van der Waals surface area (Å²) in [6.45, 7) is 6.79. The highest BCUT2D eigenvalue weighted by Gasteiger charge is 2.10. The van der Waals surface area contributed by atoms with Gasteiger partial charge in [-0.15, -0.1) is 0 Å². The van der Waals surface area contributed by atoms with Crippen LogP contribution in [0.25, 0.3) is 0 Å². The molecule has 1 aliphatic rings. The number of hydrogen-bond donors (Lipinski definition) is 1. The largest absolute Gasteiger partial charge is 0.379 e. The van der Waals surface area contributed by atoms with Crippen molar-refractivity contribution in [2.45, 2.75) is 19.5 Å². The van der Waals surface area contributed by atoms with Gasteiger partial charge in [0.25, 0.3) is 0 Å². The molecule has 0 spiro atoms. The van der Waals surface area contributed by atoms with Crippen LogP contribution in [-0.4, -0.2) is 31.2 Å². The summed E-state index contributed by atoms with van der Waals surface area (Å²) in [6.07, 6.45) is 0. The smallest absolute Gasteiger partial charge is 0.0594 e. The molecule has 0 unspecified atom stereocenters. The van der Waals surface area contributed by atoms with Crippen molar-refractivity contribution in [2.24, 2.45) is 5.73 Å². The molecular weight excluding hydrogens is 200 g/mol. The van der Waals surface area contributed by atoms with Crippen LogP contribution in [0.2, 0.25) is 0 Å². The summed E-state index contributed by atoms with van der Waals surface area (Å²) in [6, 6.07) is 8.67. The lowest BCUT2D eigenvalue weighted by Crippen LogP contribution is -2.35. The highest BCUT2D eigenvalue weighted by Crippen LogP contribution is 2.14. The SMILES string of the molecule is C[C@H](N)c1cccc(CN2CCOCC2)c1. The monoisotopic (exact) mass is 220 g/mol. The Balaban J connectivity index is 2.00. The Bertz CT molecular complexity index is 332. The molecule has 88 valence electrons. The summed E-state index contributed by atoms with van der Waals surface area (Å²) in [5.74, 6) is 0. The van der Waals surface area contributed by atoms with Gasteiger partial charge in [-0.25, -0.2) is 0 Å². The molecule has 16 heavy (non-hydrogen) atoms. The normalized spacial score (nSPS) is 19.6. The van der Waals surface area contributed by atoms with Gasteiger partial charge in [0, 0.05) is 25.7 Å². The number of hydrogen-bond acceptors (Lipinski definition) is 3. The molecule has 3 heteroatoms. The van der Waals surface area contributed by atoms with E-state index in [-0.39, 0.29) is 6.04 Å². The standard InChI is InChI=1S/C13H20N2O/c1-11(14)13-4-2-3-12(9-13)10-15-5-7-16-8-6-15/h2-4,9,11H,5-8,10,14H2,1H3/t11-/m0/s1. The van der Waals surface area contributed by atoms with Crippen molar-refractivity contribution in [3.63, 3.8) is 0 Å². The van der Waals surface area contributed by atoms with Gasteiger partial charge in [0.15, 0.2) is 0 Å². The summed E-state index contributed by atoms with van der Waals surface area (Å²) >= 11 is 0. The summed E-state index contributed by atoms with van der Waals surface area (Å²) in [7, 11) is 0. The van der Waals surface area contributed by atoms with Crippen LogP contribution < -0.4 is 5.73 Å². The molecule has 1 atom stereocenters. The van der Waals surface area contributed by atoms with Crippen molar-refractivity contribution in [1.29, 1.82) is 0 Å². The van der Waals surface area contributed by atoms with Gasteiger partial charge in [-0.1, -0.05) is 24.3 Å². The van der Waals surface area contributed by atoms with Crippen LogP contribution in [0.15, 0.2) is 24.3 Å². The van der Waals surface area contributed by atoms with Gasteiger partial charge < -0.3 is 10.5 Å². The number of ether oxygens (including phenoxy) is 1. The average molecular weight is 220 g/mol. The number of nitrogens with zero attached hydrogens (tertiary/aromatic N) is 1. The van der Waals surface area contributed by atoms with E-state index in [0.29, 0.717) is 0 Å². The molecule has 0 radical (unpaired) electrons. The lowest BCUT2D eigenvalue weighted by molar-refractivity contribution is 0.0342. The summed E-state index contributed by atoms with van der Waals surface area (Å²) in [5.41, 5.74) is 8.44. The zero-order valence-electron chi connectivity index (χ0n) is 9.86. The highest BCUT2D eigenvalue weighted by atomic mass is 16.5. The van der Waals surface area contributed by atoms with Crippen LogP contribution in [0.3, 0.4) is 0 Å². The van der Waals surface area contributed by atoms with Crippen molar-refractivity contribution < 1.29 is 4.74 Å². The molecule has 0 saturated carbocycles. The predicted molar refractivity (Wildman–Crippen MR) is 65.1 cm³/mol. The van der Waals surface area contributed by atoms with E-state index >= 15 is 0 Å². The number of benzene rings is 1. The van der Waals surface area contributed by atoms with E-state index in [1.54, 1.807) is 0 Å². The zero-order valence-corrected chi connectivity index (χ0v) is 9.86. The minimum Gasteiger partial charge on any atom is -0.379 e. The Morgan fingerprint density at radius 3 is 2.81 bits per heavy atom. The predicted octanol–water partition coefficient (Wildman–Crippen LogP) is 1.54. The second-order valence-electron chi connectivity index (χ2n) is 4.42. The third kappa shape index (κ3) is 3.04. The van der Waals surface area contributed by atoms with Crippen LogP contribution in [-0.2, 0) is 11.3 Å². The van der Waals surface area contributed by atoms with Gasteiger partial charge in [-0.3, -0.25) is 4.90 Å². The van der Waals surface area contributed by atoms with Gasteiger partial charge in [0.05, 0.1) is 13.2 Å². The zero-order chi connectivity index (χ0) is 11.4. The van der Waals surface area contributed by atoms with E-state index < -0.39 is 0 Å². The molecule has 1 heterocycles. The quantitative estimate of drug-likeness (QED) is 0.839. The minimum absolute atomic E-state index is 0.115. The molecule has 1 aromatic carbocycles. The van der Waals surface area contributed by atoms with Crippen LogP contribution in [0, 0.1) is 0 Å².